The zero-order valence-corrected chi connectivity index (χ0v) is 42.3. The molecule has 23 nitrogen and oxygen atoms in total. The number of rotatable bonds is 9. The molecule has 0 aromatic heterocycles. The number of nitrogens with two attached hydrogens (primary N) is 2. The summed E-state index contributed by atoms with van der Waals surface area (Å²) in [6.07, 6.45) is -9.65. The highest BCUT2D eigenvalue weighted by molar-refractivity contribution is 6.32. The van der Waals surface area contributed by atoms with Crippen molar-refractivity contribution >= 4 is 34.7 Å². The summed E-state index contributed by atoms with van der Waals surface area (Å²) in [5.41, 5.74) is 5.35. The van der Waals surface area contributed by atoms with Crippen LogP contribution in [0.3, 0.4) is 0 Å². The average Bonchev–Trinajstić information content (AvgIpc) is 3.58. The molecule has 77 heavy (non-hydrogen) atoms. The number of aliphatic hydroxyl groups excluding tert-OH is 3. The van der Waals surface area contributed by atoms with E-state index >= 15 is 0 Å². The van der Waals surface area contributed by atoms with E-state index in [1.54, 1.807) is 13.8 Å². The summed E-state index contributed by atoms with van der Waals surface area (Å²) >= 11 is 0. The second kappa shape index (κ2) is 20.2. The first-order valence-electron chi connectivity index (χ1n) is 24.7. The Morgan fingerprint density at radius 3 is 1.35 bits per heavy atom. The van der Waals surface area contributed by atoms with Crippen molar-refractivity contribution in [3.05, 3.63) is 103 Å². The van der Waals surface area contributed by atoms with E-state index in [-0.39, 0.29) is 75.3 Å². The number of benzene rings is 4. The van der Waals surface area contributed by atoms with Crippen molar-refractivity contribution in [3.8, 4) is 34.5 Å². The SMILES string of the molecule is COc1cccc2c1C(=O)c1c(O)c3c(c(O)c1C2=O)C[C@@](O)(C(=O)CO)C[C@@H]3O[C@H]1C[C@H](N)[C@@H](O)[C@H](C)O1.COc1cccc2c1C(=O)c1c(O)c3c(c(O)c1C2=O)C[C@@](O)(C(C)=O)C[C@@H]3O[C@H]1C[C@H](N)[C@H](O)[C@H](C)O1. The topological polar surface area (TPSA) is 392 Å². The van der Waals surface area contributed by atoms with Gasteiger partial charge in [-0.15, -0.1) is 0 Å². The van der Waals surface area contributed by atoms with Gasteiger partial charge in [-0.05, 0) is 32.9 Å². The predicted molar refractivity (Wildman–Crippen MR) is 262 cm³/mol. The van der Waals surface area contributed by atoms with Gasteiger partial charge in [0, 0.05) is 84.0 Å². The van der Waals surface area contributed by atoms with E-state index in [9.17, 15) is 74.7 Å². The highest BCUT2D eigenvalue weighted by Gasteiger charge is 2.52. The van der Waals surface area contributed by atoms with Crippen molar-refractivity contribution < 1.29 is 103 Å². The Morgan fingerprint density at radius 2 is 0.987 bits per heavy atom. The van der Waals surface area contributed by atoms with Gasteiger partial charge in [-0.3, -0.25) is 28.8 Å². The number of phenolic OH excluding ortho intramolecular Hbond substituents is 4. The van der Waals surface area contributed by atoms with Crippen LogP contribution in [0.1, 0.15) is 145 Å². The van der Waals surface area contributed by atoms with E-state index in [0.717, 1.165) is 0 Å². The molecule has 0 radical (unpaired) electrons. The van der Waals surface area contributed by atoms with Gasteiger partial charge in [0.1, 0.15) is 52.3 Å². The third kappa shape index (κ3) is 8.94. The van der Waals surface area contributed by atoms with Crippen LogP contribution in [-0.2, 0) is 41.4 Å². The number of carbonyl (C=O) groups excluding carboxylic acids is 6. The number of aliphatic hydroxyl groups is 5. The molecule has 0 spiro atoms. The molecule has 2 saturated heterocycles. The van der Waals surface area contributed by atoms with Gasteiger partial charge in [-0.2, -0.15) is 0 Å². The van der Waals surface area contributed by atoms with Gasteiger partial charge in [0.15, 0.2) is 35.7 Å². The molecule has 12 atom stereocenters. The van der Waals surface area contributed by atoms with Gasteiger partial charge in [0.05, 0.1) is 84.2 Å². The van der Waals surface area contributed by atoms with Crippen molar-refractivity contribution in [3.63, 3.8) is 0 Å². The minimum Gasteiger partial charge on any atom is -0.507 e. The van der Waals surface area contributed by atoms with Crippen molar-refractivity contribution in [1.82, 2.24) is 0 Å². The molecule has 4 aliphatic carbocycles. The number of ether oxygens (including phenoxy) is 6. The van der Waals surface area contributed by atoms with Crippen LogP contribution in [-0.4, -0.2) is 162 Å². The summed E-state index contributed by atoms with van der Waals surface area (Å²) in [6, 6.07) is 7.38. The Balaban J connectivity index is 0.000000188. The zero-order valence-electron chi connectivity index (χ0n) is 42.3. The summed E-state index contributed by atoms with van der Waals surface area (Å²) in [4.78, 5) is 79.3. The number of carbonyl (C=O) groups is 6. The molecule has 6 aliphatic rings. The largest absolute Gasteiger partial charge is 0.507 e. The molecular formula is C54H58N2O21. The second-order valence-corrected chi connectivity index (χ2v) is 20.3. The Hall–Kier alpha value is -6.74. The fourth-order valence-corrected chi connectivity index (χ4v) is 11.4. The third-order valence-electron chi connectivity index (χ3n) is 15.6. The van der Waals surface area contributed by atoms with Crippen LogP contribution in [0.5, 0.6) is 34.5 Å². The van der Waals surface area contributed by atoms with Crippen LogP contribution in [0, 0.1) is 0 Å². The zero-order chi connectivity index (χ0) is 56.1. The quantitative estimate of drug-likeness (QED) is 0.0901. The van der Waals surface area contributed by atoms with E-state index in [1.807, 2.05) is 0 Å². The molecular weight excluding hydrogens is 1010 g/mol. The van der Waals surface area contributed by atoms with Gasteiger partial charge in [-0.25, -0.2) is 0 Å². The maximum absolute atomic E-state index is 13.6. The van der Waals surface area contributed by atoms with E-state index in [0.29, 0.717) is 0 Å². The fourth-order valence-electron chi connectivity index (χ4n) is 11.4. The number of phenols is 4. The molecule has 0 unspecified atom stereocenters. The number of hydrogen-bond acceptors (Lipinski definition) is 23. The van der Waals surface area contributed by atoms with Crippen LogP contribution < -0.4 is 20.9 Å². The minimum atomic E-state index is -2.24. The van der Waals surface area contributed by atoms with Crippen LogP contribution in [0.2, 0.25) is 0 Å². The van der Waals surface area contributed by atoms with Crippen molar-refractivity contribution in [2.24, 2.45) is 11.5 Å². The normalized spacial score (nSPS) is 30.1. The van der Waals surface area contributed by atoms with Crippen LogP contribution in [0.15, 0.2) is 36.4 Å². The van der Waals surface area contributed by atoms with Gasteiger partial charge in [0.25, 0.3) is 0 Å². The number of Topliss-reactive ketones (excluding diaryl/α,β-unsaturated/α-hetero) is 2. The Kier molecular flexibility index (Phi) is 14.5. The maximum atomic E-state index is 13.6. The highest BCUT2D eigenvalue weighted by atomic mass is 16.7. The standard InChI is InChI=1S/C27H29NO11.C27H29NO10/c1-10-22(31)13(28)6-17(38-10)39-15-8-27(36,16(30)9-29)7-12-19(15)26(35)21-20(24(12)33)23(32)11-4-3-5-14(37-2)18(11)25(21)34;1-10-22(30)14(28)7-17(37-10)38-16-9-27(35,11(2)29)8-13-19(16)26(34)21-20(24(13)32)23(31)12-5-4-6-15(36-3)18(12)25(21)33/h3-5,10,13,15,17,22,29,31,33,35-36H,6-9,28H2,1-2H3;4-6,10,14,16-17,22,30,32,34-35H,7-9,28H2,1-3H3/t10-,13-,15-,17-,22-,27-;10-,14-,16-,17-,22+,27-/m00/s1. The number of ketones is 6. The van der Waals surface area contributed by atoms with Gasteiger partial charge < -0.3 is 85.8 Å². The van der Waals surface area contributed by atoms with Crippen molar-refractivity contribution in [2.75, 3.05) is 20.8 Å². The molecule has 0 bridgehead atoms. The molecule has 23 heteroatoms. The minimum absolute atomic E-state index is 0.0147. The molecule has 2 heterocycles. The predicted octanol–water partition coefficient (Wildman–Crippen LogP) is 1.03. The lowest BCUT2D eigenvalue weighted by molar-refractivity contribution is -0.247. The fraction of sp³-hybridized carbons (Fsp3) is 0.444. The maximum Gasteiger partial charge on any atom is 0.202 e. The molecule has 13 N–H and O–H groups in total. The number of aromatic hydroxyl groups is 4. The van der Waals surface area contributed by atoms with E-state index in [4.69, 9.17) is 39.9 Å². The third-order valence-corrected chi connectivity index (χ3v) is 15.6. The molecule has 2 fully saturated rings. The first-order valence-corrected chi connectivity index (χ1v) is 24.7. The van der Waals surface area contributed by atoms with Crippen LogP contribution >= 0.6 is 0 Å². The number of fused-ring (bicyclic) bond motifs is 6. The summed E-state index contributed by atoms with van der Waals surface area (Å²) in [7, 11) is 2.66. The molecule has 4 aromatic carbocycles. The van der Waals surface area contributed by atoms with Gasteiger partial charge >= 0.3 is 0 Å². The second-order valence-electron chi connectivity index (χ2n) is 20.3. The summed E-state index contributed by atoms with van der Waals surface area (Å²) in [5, 5.41) is 97.8. The monoisotopic (exact) mass is 1070 g/mol. The Labute approximate surface area is 438 Å². The highest BCUT2D eigenvalue weighted by Crippen LogP contribution is 2.55. The van der Waals surface area contributed by atoms with E-state index in [2.05, 4.69) is 0 Å². The lowest BCUT2D eigenvalue weighted by Crippen LogP contribution is -2.53. The summed E-state index contributed by atoms with van der Waals surface area (Å²) in [6.45, 7) is 3.35. The summed E-state index contributed by atoms with van der Waals surface area (Å²) < 4.78 is 34.1. The van der Waals surface area contributed by atoms with Gasteiger partial charge in [0.2, 0.25) is 11.6 Å². The van der Waals surface area contributed by atoms with Crippen LogP contribution in [0.4, 0.5) is 0 Å². The number of hydrogen-bond donors (Lipinski definition) is 11. The summed E-state index contributed by atoms with van der Waals surface area (Å²) in [5.74, 6) is -6.95. The number of methoxy groups -OCH3 is 2. The first kappa shape index (κ1) is 55.0. The van der Waals surface area contributed by atoms with Crippen molar-refractivity contribution in [1.29, 1.82) is 0 Å². The van der Waals surface area contributed by atoms with Crippen LogP contribution in [0.25, 0.3) is 0 Å². The molecule has 2 aliphatic heterocycles. The average molecular weight is 1070 g/mol. The molecule has 0 amide bonds. The van der Waals surface area contributed by atoms with Crippen molar-refractivity contribution in [2.45, 2.75) is 132 Å². The van der Waals surface area contributed by atoms with E-state index in [1.165, 1.54) is 57.5 Å². The smallest absolute Gasteiger partial charge is 0.202 e. The molecule has 10 rings (SSSR count). The van der Waals surface area contributed by atoms with E-state index < -0.39 is 178 Å². The molecule has 0 saturated carbocycles. The Bertz CT molecular complexity index is 3150. The Morgan fingerprint density at radius 1 is 0.610 bits per heavy atom. The molecule has 4 aromatic rings. The first-order chi connectivity index (χ1) is 36.3. The lowest BCUT2D eigenvalue weighted by atomic mass is 9.72. The van der Waals surface area contributed by atoms with Gasteiger partial charge in [-0.1, -0.05) is 24.3 Å². The lowest BCUT2D eigenvalue weighted by Gasteiger charge is -2.42. The molecule has 410 valence electrons.